The summed E-state index contributed by atoms with van der Waals surface area (Å²) in [6.07, 6.45) is 6.59. The maximum absolute atomic E-state index is 8.42. The van der Waals surface area contributed by atoms with Gasteiger partial charge in [-0.15, -0.1) is 0 Å². The first kappa shape index (κ1) is 11.8. The van der Waals surface area contributed by atoms with Crippen molar-refractivity contribution < 1.29 is 0 Å². The first-order valence-corrected chi connectivity index (χ1v) is 7.24. The van der Waals surface area contributed by atoms with Crippen molar-refractivity contribution in [3.05, 3.63) is 35.4 Å². The van der Waals surface area contributed by atoms with E-state index in [1.54, 1.807) is 0 Å². The summed E-state index contributed by atoms with van der Waals surface area (Å²) in [6, 6.07) is 9.02. The number of fused-ring (bicyclic) bond motifs is 1. The van der Waals surface area contributed by atoms with Crippen LogP contribution in [-0.2, 0) is 6.54 Å². The van der Waals surface area contributed by atoms with Gasteiger partial charge in [-0.25, -0.2) is 0 Å². The fourth-order valence-corrected chi connectivity index (χ4v) is 3.66. The molecular formula is C16H22N2. The Morgan fingerprint density at radius 1 is 1.22 bits per heavy atom. The topological polar surface area (TPSA) is 27.1 Å². The van der Waals surface area contributed by atoms with Gasteiger partial charge in [0, 0.05) is 18.2 Å². The third kappa shape index (κ3) is 1.84. The predicted molar refractivity (Wildman–Crippen MR) is 74.9 cm³/mol. The van der Waals surface area contributed by atoms with Gasteiger partial charge < -0.3 is 4.90 Å². The molecule has 2 aliphatic rings. The number of rotatable bonds is 2. The number of hydrogen-bond donors (Lipinski definition) is 1. The van der Waals surface area contributed by atoms with Gasteiger partial charge in [0.1, 0.15) is 5.84 Å². The highest BCUT2D eigenvalue weighted by Gasteiger charge is 2.34. The zero-order valence-corrected chi connectivity index (χ0v) is 11.2. The van der Waals surface area contributed by atoms with Crippen molar-refractivity contribution in [3.63, 3.8) is 0 Å². The monoisotopic (exact) mass is 242 g/mol. The molecule has 2 unspecified atom stereocenters. The molecule has 1 heterocycles. The summed E-state index contributed by atoms with van der Waals surface area (Å²) in [4.78, 5) is 2.36. The Morgan fingerprint density at radius 2 is 2.00 bits per heavy atom. The second kappa shape index (κ2) is 4.75. The van der Waals surface area contributed by atoms with E-state index in [4.69, 9.17) is 5.41 Å². The molecule has 18 heavy (non-hydrogen) atoms. The Kier molecular flexibility index (Phi) is 3.11. The van der Waals surface area contributed by atoms with Crippen LogP contribution in [-0.4, -0.2) is 16.8 Å². The Bertz CT molecular complexity index is 452. The van der Waals surface area contributed by atoms with Gasteiger partial charge >= 0.3 is 0 Å². The van der Waals surface area contributed by atoms with Gasteiger partial charge in [-0.05, 0) is 24.3 Å². The van der Waals surface area contributed by atoms with Crippen LogP contribution in [0.1, 0.15) is 50.2 Å². The Labute approximate surface area is 110 Å². The van der Waals surface area contributed by atoms with E-state index in [-0.39, 0.29) is 0 Å². The van der Waals surface area contributed by atoms with Crippen molar-refractivity contribution in [1.82, 2.24) is 4.90 Å². The predicted octanol–water partition coefficient (Wildman–Crippen LogP) is 3.80. The second-order valence-electron chi connectivity index (χ2n) is 5.65. The Hall–Kier alpha value is -1.31. The lowest BCUT2D eigenvalue weighted by Crippen LogP contribution is -2.42. The number of benzene rings is 1. The number of nitrogens with one attached hydrogen (secondary N) is 1. The minimum absolute atomic E-state index is 0.601. The smallest absolute Gasteiger partial charge is 0.128 e. The first-order chi connectivity index (χ1) is 8.81. The minimum Gasteiger partial charge on any atom is -0.349 e. The van der Waals surface area contributed by atoms with Crippen LogP contribution >= 0.6 is 0 Å². The van der Waals surface area contributed by atoms with E-state index in [1.165, 1.54) is 37.7 Å². The normalized spacial score (nSPS) is 27.4. The molecule has 2 atom stereocenters. The lowest BCUT2D eigenvalue weighted by atomic mass is 9.82. The van der Waals surface area contributed by atoms with Gasteiger partial charge in [-0.2, -0.15) is 0 Å². The van der Waals surface area contributed by atoms with E-state index in [9.17, 15) is 0 Å². The molecule has 0 amide bonds. The maximum Gasteiger partial charge on any atom is 0.128 e. The van der Waals surface area contributed by atoms with Gasteiger partial charge in [0.2, 0.25) is 0 Å². The fraction of sp³-hybridized carbons (Fsp3) is 0.562. The van der Waals surface area contributed by atoms with Crippen LogP contribution in [0.3, 0.4) is 0 Å². The molecule has 0 radical (unpaired) electrons. The van der Waals surface area contributed by atoms with Crippen LogP contribution in [0.5, 0.6) is 0 Å². The molecule has 2 heteroatoms. The highest BCUT2D eigenvalue weighted by atomic mass is 15.2. The Balaban J connectivity index is 1.84. The van der Waals surface area contributed by atoms with Crippen molar-refractivity contribution in [2.45, 2.75) is 51.6 Å². The van der Waals surface area contributed by atoms with Crippen LogP contribution in [0.2, 0.25) is 0 Å². The molecule has 1 saturated carbocycles. The molecule has 96 valence electrons. The van der Waals surface area contributed by atoms with Crippen LogP contribution < -0.4 is 0 Å². The fourth-order valence-electron chi connectivity index (χ4n) is 3.66. The molecule has 1 aromatic rings. The van der Waals surface area contributed by atoms with E-state index < -0.39 is 0 Å². The summed E-state index contributed by atoms with van der Waals surface area (Å²) in [5.41, 5.74) is 2.49. The van der Waals surface area contributed by atoms with Gasteiger partial charge in [0.05, 0.1) is 0 Å². The summed E-state index contributed by atoms with van der Waals surface area (Å²) < 4.78 is 0. The highest BCUT2D eigenvalue weighted by Crippen LogP contribution is 2.35. The Morgan fingerprint density at radius 3 is 2.78 bits per heavy atom. The third-order valence-electron chi connectivity index (χ3n) is 4.69. The maximum atomic E-state index is 8.42. The molecule has 1 aliphatic heterocycles. The van der Waals surface area contributed by atoms with E-state index in [0.29, 0.717) is 6.04 Å². The lowest BCUT2D eigenvalue weighted by Gasteiger charge is -2.38. The summed E-state index contributed by atoms with van der Waals surface area (Å²) in [5, 5.41) is 8.42. The zero-order valence-electron chi connectivity index (χ0n) is 11.2. The van der Waals surface area contributed by atoms with Gasteiger partial charge in [0.25, 0.3) is 0 Å². The largest absolute Gasteiger partial charge is 0.349 e. The van der Waals surface area contributed by atoms with Crippen LogP contribution in [0.4, 0.5) is 0 Å². The van der Waals surface area contributed by atoms with Crippen LogP contribution in [0, 0.1) is 11.3 Å². The van der Waals surface area contributed by atoms with E-state index >= 15 is 0 Å². The molecule has 3 rings (SSSR count). The average molecular weight is 242 g/mol. The quantitative estimate of drug-likeness (QED) is 0.839. The lowest BCUT2D eigenvalue weighted by molar-refractivity contribution is 0.164. The van der Waals surface area contributed by atoms with Crippen molar-refractivity contribution in [3.8, 4) is 0 Å². The summed E-state index contributed by atoms with van der Waals surface area (Å²) in [5.74, 6) is 1.55. The van der Waals surface area contributed by atoms with E-state index in [0.717, 1.165) is 23.9 Å². The van der Waals surface area contributed by atoms with Crippen molar-refractivity contribution in [2.24, 2.45) is 5.92 Å². The van der Waals surface area contributed by atoms with Crippen LogP contribution in [0.25, 0.3) is 0 Å². The molecule has 0 bridgehead atoms. The average Bonchev–Trinajstić information content (AvgIpc) is 2.76. The van der Waals surface area contributed by atoms with Crippen LogP contribution in [0.15, 0.2) is 24.3 Å². The summed E-state index contributed by atoms with van der Waals surface area (Å²) in [6.45, 7) is 3.26. The molecule has 2 nitrogen and oxygen atoms in total. The van der Waals surface area contributed by atoms with Gasteiger partial charge in [-0.1, -0.05) is 50.5 Å². The molecule has 1 fully saturated rings. The third-order valence-corrected chi connectivity index (χ3v) is 4.69. The number of amidine groups is 1. The molecular weight excluding hydrogens is 220 g/mol. The first-order valence-electron chi connectivity index (χ1n) is 7.24. The van der Waals surface area contributed by atoms with E-state index in [1.807, 2.05) is 0 Å². The second-order valence-corrected chi connectivity index (χ2v) is 5.65. The van der Waals surface area contributed by atoms with Crippen molar-refractivity contribution >= 4 is 5.84 Å². The summed E-state index contributed by atoms with van der Waals surface area (Å²) in [7, 11) is 0. The van der Waals surface area contributed by atoms with Crippen molar-refractivity contribution in [2.75, 3.05) is 0 Å². The zero-order chi connectivity index (χ0) is 12.5. The van der Waals surface area contributed by atoms with Crippen molar-refractivity contribution in [1.29, 1.82) is 5.41 Å². The molecule has 1 N–H and O–H groups in total. The molecule has 1 aliphatic carbocycles. The molecule has 0 aromatic heterocycles. The standard InChI is InChI=1S/C16H22N2/c1-2-12-7-4-6-10-15(12)18-11-13-8-3-5-9-14(13)16(18)17/h3,5,8-9,12,15,17H,2,4,6-7,10-11H2,1H3. The van der Waals surface area contributed by atoms with Gasteiger partial charge in [-0.3, -0.25) is 5.41 Å². The molecule has 0 saturated heterocycles. The van der Waals surface area contributed by atoms with E-state index in [2.05, 4.69) is 36.1 Å². The minimum atomic E-state index is 0.601. The SMILES string of the molecule is CCC1CCCCC1N1Cc2ccccc2C1=N. The van der Waals surface area contributed by atoms with Gasteiger partial charge in [0.15, 0.2) is 0 Å². The number of nitrogens with zero attached hydrogens (tertiary/aromatic N) is 1. The number of hydrogen-bond acceptors (Lipinski definition) is 1. The highest BCUT2D eigenvalue weighted by molar-refractivity contribution is 6.00. The summed E-state index contributed by atoms with van der Waals surface area (Å²) >= 11 is 0. The molecule has 1 aromatic carbocycles. The molecule has 0 spiro atoms.